The van der Waals surface area contributed by atoms with E-state index < -0.39 is 5.97 Å². The quantitative estimate of drug-likeness (QED) is 0.929. The largest absolute Gasteiger partial charge is 0.477 e. The van der Waals surface area contributed by atoms with Crippen LogP contribution in [0.1, 0.15) is 40.7 Å². The Balaban J connectivity index is 2.52. The van der Waals surface area contributed by atoms with Gasteiger partial charge in [0, 0.05) is 0 Å². The van der Waals surface area contributed by atoms with Crippen molar-refractivity contribution in [3.63, 3.8) is 0 Å². The molecule has 0 aliphatic heterocycles. The molecule has 1 N–H and O–H groups in total. The van der Waals surface area contributed by atoms with Gasteiger partial charge < -0.3 is 9.63 Å². The maximum absolute atomic E-state index is 11.3. The van der Waals surface area contributed by atoms with Gasteiger partial charge in [-0.1, -0.05) is 19.0 Å². The van der Waals surface area contributed by atoms with Gasteiger partial charge in [0.15, 0.2) is 0 Å². The minimum atomic E-state index is -0.925. The first kappa shape index (κ1) is 13.7. The van der Waals surface area contributed by atoms with Gasteiger partial charge in [-0.25, -0.2) is 9.78 Å². The molecule has 2 heterocycles. The Kier molecular flexibility index (Phi) is 3.71. The zero-order chi connectivity index (χ0) is 14.2. The number of aromatic nitrogens is 2. The first-order chi connectivity index (χ1) is 8.90. The monoisotopic (exact) mass is 280 g/mol. The van der Waals surface area contributed by atoms with Crippen LogP contribution in [0.5, 0.6) is 0 Å². The van der Waals surface area contributed by atoms with Gasteiger partial charge in [-0.2, -0.15) is 0 Å². The Morgan fingerprint density at radius 2 is 2.11 bits per heavy atom. The van der Waals surface area contributed by atoms with E-state index >= 15 is 0 Å². The van der Waals surface area contributed by atoms with Crippen molar-refractivity contribution in [2.24, 2.45) is 5.92 Å². The number of thiazole rings is 1. The van der Waals surface area contributed by atoms with Crippen LogP contribution in [0.2, 0.25) is 0 Å². The Hall–Kier alpha value is -1.69. The van der Waals surface area contributed by atoms with Gasteiger partial charge >= 0.3 is 5.97 Å². The minimum absolute atomic E-state index is 0.309. The summed E-state index contributed by atoms with van der Waals surface area (Å²) < 4.78 is 5.11. The van der Waals surface area contributed by atoms with Crippen molar-refractivity contribution in [3.05, 3.63) is 22.0 Å². The number of aromatic carboxylic acids is 1. The second-order valence-electron chi connectivity index (χ2n) is 4.90. The van der Waals surface area contributed by atoms with Crippen LogP contribution in [-0.4, -0.2) is 21.2 Å². The highest BCUT2D eigenvalue weighted by atomic mass is 32.1. The summed E-state index contributed by atoms with van der Waals surface area (Å²) in [6, 6.07) is 0. The molecule has 0 saturated heterocycles. The van der Waals surface area contributed by atoms with Crippen molar-refractivity contribution in [1.82, 2.24) is 10.1 Å². The standard InChI is InChI=1S/C13H16N2O3S/c1-6(2)5-9-11(13(16)17)19-12(14-9)10-7(3)15-18-8(10)4/h6H,5H2,1-4H3,(H,16,17). The number of aryl methyl sites for hydroxylation is 2. The van der Waals surface area contributed by atoms with Crippen molar-refractivity contribution in [2.75, 3.05) is 0 Å². The average molecular weight is 280 g/mol. The van der Waals surface area contributed by atoms with Gasteiger partial charge in [0.1, 0.15) is 15.6 Å². The van der Waals surface area contributed by atoms with E-state index in [-0.39, 0.29) is 0 Å². The summed E-state index contributed by atoms with van der Waals surface area (Å²) in [5.74, 6) is 0.100. The fourth-order valence-electron chi connectivity index (χ4n) is 1.94. The molecular formula is C13H16N2O3S. The number of rotatable bonds is 4. The zero-order valence-electron chi connectivity index (χ0n) is 11.4. The molecule has 0 bridgehead atoms. The van der Waals surface area contributed by atoms with E-state index in [4.69, 9.17) is 4.52 Å². The summed E-state index contributed by atoms with van der Waals surface area (Å²) in [7, 11) is 0. The summed E-state index contributed by atoms with van der Waals surface area (Å²) in [5.41, 5.74) is 2.18. The zero-order valence-corrected chi connectivity index (χ0v) is 12.2. The molecule has 0 fully saturated rings. The lowest BCUT2D eigenvalue weighted by atomic mass is 10.1. The average Bonchev–Trinajstić information content (AvgIpc) is 2.82. The van der Waals surface area contributed by atoms with Crippen LogP contribution in [0.4, 0.5) is 0 Å². The lowest BCUT2D eigenvalue weighted by Crippen LogP contribution is -2.02. The Morgan fingerprint density at radius 3 is 2.58 bits per heavy atom. The number of nitrogens with zero attached hydrogens (tertiary/aromatic N) is 2. The summed E-state index contributed by atoms with van der Waals surface area (Å²) in [6.45, 7) is 7.72. The normalized spacial score (nSPS) is 11.2. The van der Waals surface area contributed by atoms with Gasteiger partial charge in [-0.3, -0.25) is 0 Å². The Morgan fingerprint density at radius 1 is 1.42 bits per heavy atom. The van der Waals surface area contributed by atoms with Crippen LogP contribution in [0.25, 0.3) is 10.6 Å². The molecular weight excluding hydrogens is 264 g/mol. The predicted octanol–water partition coefficient (Wildman–Crippen LogP) is 3.31. The fraction of sp³-hybridized carbons (Fsp3) is 0.462. The highest BCUT2D eigenvalue weighted by molar-refractivity contribution is 7.17. The first-order valence-electron chi connectivity index (χ1n) is 6.06. The lowest BCUT2D eigenvalue weighted by molar-refractivity contribution is 0.0700. The number of hydrogen-bond donors (Lipinski definition) is 1. The molecule has 0 radical (unpaired) electrons. The Bertz CT molecular complexity index is 594. The van der Waals surface area contributed by atoms with Gasteiger partial charge in [0.25, 0.3) is 0 Å². The van der Waals surface area contributed by atoms with Crippen LogP contribution >= 0.6 is 11.3 Å². The smallest absolute Gasteiger partial charge is 0.347 e. The van der Waals surface area contributed by atoms with Crippen LogP contribution in [0.3, 0.4) is 0 Å². The fourth-order valence-corrected chi connectivity index (χ4v) is 3.02. The molecule has 0 atom stereocenters. The number of carbonyl (C=O) groups is 1. The molecule has 0 spiro atoms. The highest BCUT2D eigenvalue weighted by Crippen LogP contribution is 2.33. The van der Waals surface area contributed by atoms with Crippen molar-refractivity contribution >= 4 is 17.3 Å². The molecule has 102 valence electrons. The van der Waals surface area contributed by atoms with E-state index in [0.717, 1.165) is 11.3 Å². The van der Waals surface area contributed by atoms with Crippen molar-refractivity contribution in [2.45, 2.75) is 34.1 Å². The Labute approximate surface area is 115 Å². The molecule has 6 heteroatoms. The number of carboxylic acid groups (broad SMARTS) is 1. The van der Waals surface area contributed by atoms with Crippen LogP contribution in [-0.2, 0) is 6.42 Å². The molecule has 5 nitrogen and oxygen atoms in total. The molecule has 2 rings (SSSR count). The molecule has 0 aliphatic rings. The summed E-state index contributed by atoms with van der Waals surface area (Å²) in [6.07, 6.45) is 0.654. The van der Waals surface area contributed by atoms with Gasteiger partial charge in [0.2, 0.25) is 0 Å². The van der Waals surface area contributed by atoms with E-state index in [1.54, 1.807) is 6.92 Å². The third-order valence-corrected chi connectivity index (χ3v) is 3.84. The molecule has 0 saturated carbocycles. The summed E-state index contributed by atoms with van der Waals surface area (Å²) in [5, 5.41) is 13.8. The van der Waals surface area contributed by atoms with Crippen molar-refractivity contribution in [1.29, 1.82) is 0 Å². The predicted molar refractivity (Wildman–Crippen MR) is 72.6 cm³/mol. The number of hydrogen-bond acceptors (Lipinski definition) is 5. The highest BCUT2D eigenvalue weighted by Gasteiger charge is 2.22. The molecule has 2 aromatic heterocycles. The van der Waals surface area contributed by atoms with E-state index in [9.17, 15) is 9.90 Å². The molecule has 19 heavy (non-hydrogen) atoms. The lowest BCUT2D eigenvalue weighted by Gasteiger charge is -2.01. The van der Waals surface area contributed by atoms with Crippen LogP contribution in [0.15, 0.2) is 4.52 Å². The molecule has 0 aliphatic carbocycles. The van der Waals surface area contributed by atoms with E-state index in [1.165, 1.54) is 11.3 Å². The van der Waals surface area contributed by atoms with Crippen LogP contribution < -0.4 is 0 Å². The van der Waals surface area contributed by atoms with E-state index in [0.29, 0.717) is 33.7 Å². The van der Waals surface area contributed by atoms with E-state index in [1.807, 2.05) is 20.8 Å². The first-order valence-corrected chi connectivity index (χ1v) is 6.88. The second-order valence-corrected chi connectivity index (χ2v) is 5.90. The van der Waals surface area contributed by atoms with E-state index in [2.05, 4.69) is 10.1 Å². The van der Waals surface area contributed by atoms with Gasteiger partial charge in [0.05, 0.1) is 17.0 Å². The number of carboxylic acids is 1. The summed E-state index contributed by atoms with van der Waals surface area (Å²) >= 11 is 1.18. The maximum atomic E-state index is 11.3. The summed E-state index contributed by atoms with van der Waals surface area (Å²) in [4.78, 5) is 16.1. The molecule has 0 aromatic carbocycles. The minimum Gasteiger partial charge on any atom is -0.477 e. The van der Waals surface area contributed by atoms with Crippen molar-refractivity contribution in [3.8, 4) is 10.6 Å². The third-order valence-electron chi connectivity index (χ3n) is 2.74. The molecule has 0 unspecified atom stereocenters. The molecule has 0 amide bonds. The van der Waals surface area contributed by atoms with Gasteiger partial charge in [-0.15, -0.1) is 11.3 Å². The topological polar surface area (TPSA) is 76.2 Å². The third kappa shape index (κ3) is 2.68. The maximum Gasteiger partial charge on any atom is 0.347 e. The van der Waals surface area contributed by atoms with Crippen molar-refractivity contribution < 1.29 is 14.4 Å². The molecule has 2 aromatic rings. The van der Waals surface area contributed by atoms with Gasteiger partial charge in [-0.05, 0) is 26.2 Å². The SMILES string of the molecule is Cc1noc(C)c1-c1nc(CC(C)C)c(C(=O)O)s1. The van der Waals surface area contributed by atoms with Crippen LogP contribution in [0, 0.1) is 19.8 Å². The second kappa shape index (κ2) is 5.13.